The van der Waals surface area contributed by atoms with Gasteiger partial charge >= 0.3 is 5.97 Å². The van der Waals surface area contributed by atoms with E-state index in [2.05, 4.69) is 10.4 Å². The molecule has 6 nitrogen and oxygen atoms in total. The highest BCUT2D eigenvalue weighted by Crippen LogP contribution is 2.18. The number of anilines is 1. The predicted molar refractivity (Wildman–Crippen MR) is 99.9 cm³/mol. The summed E-state index contributed by atoms with van der Waals surface area (Å²) in [4.78, 5) is 22.8. The van der Waals surface area contributed by atoms with Crippen LogP contribution in [-0.2, 0) is 28.8 Å². The van der Waals surface area contributed by atoms with Crippen LogP contribution in [0.4, 0.5) is 5.69 Å². The molecule has 0 fully saturated rings. The average Bonchev–Trinajstić information content (AvgIpc) is 2.78. The molecular weight excluding hydrogens is 338 g/mol. The van der Waals surface area contributed by atoms with Crippen LogP contribution in [0.5, 0.6) is 0 Å². The van der Waals surface area contributed by atoms with E-state index in [0.29, 0.717) is 18.6 Å². The molecule has 0 radical (unpaired) electrons. The molecule has 0 atom stereocenters. The Bertz CT molecular complexity index is 771. The number of thioether (sulfide) groups is 1. The Morgan fingerprint density at radius 1 is 1.32 bits per heavy atom. The number of aryl methyl sites for hydroxylation is 2. The predicted octanol–water partition coefficient (Wildman–Crippen LogP) is 2.93. The monoisotopic (exact) mass is 361 g/mol. The van der Waals surface area contributed by atoms with E-state index in [0.717, 1.165) is 28.2 Å². The van der Waals surface area contributed by atoms with Crippen molar-refractivity contribution in [3.8, 4) is 0 Å². The van der Waals surface area contributed by atoms with Gasteiger partial charge in [-0.05, 0) is 43.5 Å². The van der Waals surface area contributed by atoms with Crippen molar-refractivity contribution in [1.29, 1.82) is 0 Å². The molecule has 0 aliphatic rings. The SMILES string of the molecule is Cc1nn(C)c(C)c1CCC(=O)Nc1cccc(CSCC(=O)O)c1. The molecule has 0 aliphatic carbocycles. The number of amides is 1. The number of nitrogens with one attached hydrogen (secondary N) is 1. The fourth-order valence-corrected chi connectivity index (χ4v) is 3.33. The highest BCUT2D eigenvalue weighted by Gasteiger charge is 2.11. The molecule has 0 saturated heterocycles. The Hall–Kier alpha value is -2.28. The molecule has 1 aromatic carbocycles. The molecule has 2 rings (SSSR count). The molecule has 0 aliphatic heterocycles. The molecule has 1 heterocycles. The second-order valence-electron chi connectivity index (χ2n) is 5.91. The van der Waals surface area contributed by atoms with Crippen molar-refractivity contribution in [2.24, 2.45) is 7.05 Å². The summed E-state index contributed by atoms with van der Waals surface area (Å²) in [7, 11) is 1.90. The van der Waals surface area contributed by atoms with Gasteiger partial charge in [0, 0.05) is 30.6 Å². The first-order chi connectivity index (χ1) is 11.9. The van der Waals surface area contributed by atoms with Gasteiger partial charge in [0.1, 0.15) is 0 Å². The van der Waals surface area contributed by atoms with Crippen LogP contribution < -0.4 is 5.32 Å². The number of carbonyl (C=O) groups is 2. The lowest BCUT2D eigenvalue weighted by Gasteiger charge is -2.08. The highest BCUT2D eigenvalue weighted by molar-refractivity contribution is 7.99. The number of rotatable bonds is 8. The number of aliphatic carboxylic acids is 1. The Morgan fingerprint density at radius 2 is 2.08 bits per heavy atom. The molecule has 0 saturated carbocycles. The van der Waals surface area contributed by atoms with Crippen LogP contribution in [0.25, 0.3) is 0 Å². The van der Waals surface area contributed by atoms with Crippen molar-refractivity contribution in [3.05, 3.63) is 46.8 Å². The fourth-order valence-electron chi connectivity index (χ4n) is 2.64. The minimum Gasteiger partial charge on any atom is -0.481 e. The number of benzene rings is 1. The van der Waals surface area contributed by atoms with Crippen LogP contribution in [0, 0.1) is 13.8 Å². The molecule has 2 N–H and O–H groups in total. The Balaban J connectivity index is 1.88. The smallest absolute Gasteiger partial charge is 0.313 e. The number of carboxylic acids is 1. The summed E-state index contributed by atoms with van der Waals surface area (Å²) in [6.45, 7) is 3.96. The van der Waals surface area contributed by atoms with Crippen LogP contribution in [0.15, 0.2) is 24.3 Å². The third-order valence-corrected chi connectivity index (χ3v) is 4.95. The van der Waals surface area contributed by atoms with Crippen molar-refractivity contribution in [2.75, 3.05) is 11.1 Å². The third-order valence-electron chi connectivity index (χ3n) is 3.97. The molecule has 2 aromatic rings. The van der Waals surface area contributed by atoms with E-state index in [1.165, 1.54) is 11.8 Å². The number of hydrogen-bond acceptors (Lipinski definition) is 4. The van der Waals surface area contributed by atoms with Crippen molar-refractivity contribution < 1.29 is 14.7 Å². The van der Waals surface area contributed by atoms with Crippen LogP contribution >= 0.6 is 11.8 Å². The molecule has 25 heavy (non-hydrogen) atoms. The largest absolute Gasteiger partial charge is 0.481 e. The first kappa shape index (κ1) is 19.1. The lowest BCUT2D eigenvalue weighted by Crippen LogP contribution is -2.13. The summed E-state index contributed by atoms with van der Waals surface area (Å²) in [6, 6.07) is 7.51. The number of carbonyl (C=O) groups excluding carboxylic acids is 1. The second-order valence-corrected chi connectivity index (χ2v) is 6.89. The molecule has 1 amide bonds. The number of aromatic nitrogens is 2. The van der Waals surface area contributed by atoms with Gasteiger partial charge in [-0.2, -0.15) is 5.10 Å². The lowest BCUT2D eigenvalue weighted by atomic mass is 10.1. The van der Waals surface area contributed by atoms with Gasteiger partial charge in [0.2, 0.25) is 5.91 Å². The van der Waals surface area contributed by atoms with E-state index in [-0.39, 0.29) is 11.7 Å². The lowest BCUT2D eigenvalue weighted by molar-refractivity contribution is -0.133. The summed E-state index contributed by atoms with van der Waals surface area (Å²) in [5, 5.41) is 15.9. The van der Waals surface area contributed by atoms with Crippen molar-refractivity contribution in [2.45, 2.75) is 32.4 Å². The van der Waals surface area contributed by atoms with E-state index in [4.69, 9.17) is 5.11 Å². The molecule has 0 spiro atoms. The normalized spacial score (nSPS) is 10.7. The van der Waals surface area contributed by atoms with E-state index in [1.807, 2.05) is 49.8 Å². The van der Waals surface area contributed by atoms with Gasteiger partial charge in [0.05, 0.1) is 11.4 Å². The number of nitrogens with zero attached hydrogens (tertiary/aromatic N) is 2. The molecule has 7 heteroatoms. The Kier molecular flexibility index (Phi) is 6.64. The maximum absolute atomic E-state index is 12.2. The van der Waals surface area contributed by atoms with Crippen LogP contribution in [0.1, 0.15) is 28.9 Å². The quantitative estimate of drug-likeness (QED) is 0.755. The Labute approximate surface area is 151 Å². The van der Waals surface area contributed by atoms with Crippen LogP contribution in [-0.4, -0.2) is 32.5 Å². The first-order valence-electron chi connectivity index (χ1n) is 8.04. The Morgan fingerprint density at radius 3 is 2.72 bits per heavy atom. The fraction of sp³-hybridized carbons (Fsp3) is 0.389. The highest BCUT2D eigenvalue weighted by atomic mass is 32.2. The summed E-state index contributed by atoms with van der Waals surface area (Å²) in [5.41, 5.74) is 4.89. The molecule has 134 valence electrons. The molecule has 0 bridgehead atoms. The van der Waals surface area contributed by atoms with Gasteiger partial charge < -0.3 is 10.4 Å². The van der Waals surface area contributed by atoms with Crippen molar-refractivity contribution in [3.63, 3.8) is 0 Å². The van der Waals surface area contributed by atoms with Crippen LogP contribution in [0.2, 0.25) is 0 Å². The topological polar surface area (TPSA) is 84.2 Å². The zero-order valence-corrected chi connectivity index (χ0v) is 15.5. The van der Waals surface area contributed by atoms with Gasteiger partial charge in [-0.3, -0.25) is 14.3 Å². The summed E-state index contributed by atoms with van der Waals surface area (Å²) in [5.74, 6) is -0.196. The minimum atomic E-state index is -0.824. The summed E-state index contributed by atoms with van der Waals surface area (Å²) >= 11 is 1.33. The van der Waals surface area contributed by atoms with Crippen molar-refractivity contribution in [1.82, 2.24) is 9.78 Å². The number of hydrogen-bond donors (Lipinski definition) is 2. The standard InChI is InChI=1S/C18H23N3O3S/c1-12-16(13(2)21(3)20-12)7-8-17(22)19-15-6-4-5-14(9-15)10-25-11-18(23)24/h4-6,9H,7-8,10-11H2,1-3H3,(H,19,22)(H,23,24). The average molecular weight is 361 g/mol. The number of carboxylic acid groups (broad SMARTS) is 1. The van der Waals surface area contributed by atoms with Gasteiger partial charge in [0.25, 0.3) is 0 Å². The molecule has 0 unspecified atom stereocenters. The minimum absolute atomic E-state index is 0.0435. The first-order valence-corrected chi connectivity index (χ1v) is 9.19. The van der Waals surface area contributed by atoms with E-state index in [9.17, 15) is 9.59 Å². The molecule has 1 aromatic heterocycles. The zero-order chi connectivity index (χ0) is 18.4. The maximum Gasteiger partial charge on any atom is 0.313 e. The second kappa shape index (κ2) is 8.71. The van der Waals surface area contributed by atoms with Gasteiger partial charge in [-0.25, -0.2) is 0 Å². The summed E-state index contributed by atoms with van der Waals surface area (Å²) in [6.07, 6.45) is 1.05. The van der Waals surface area contributed by atoms with E-state index in [1.54, 1.807) is 0 Å². The van der Waals surface area contributed by atoms with E-state index >= 15 is 0 Å². The zero-order valence-electron chi connectivity index (χ0n) is 14.7. The summed E-state index contributed by atoms with van der Waals surface area (Å²) < 4.78 is 1.83. The van der Waals surface area contributed by atoms with E-state index < -0.39 is 5.97 Å². The van der Waals surface area contributed by atoms with Crippen molar-refractivity contribution >= 4 is 29.3 Å². The van der Waals surface area contributed by atoms with Gasteiger partial charge in [-0.1, -0.05) is 12.1 Å². The van der Waals surface area contributed by atoms with Gasteiger partial charge in [0.15, 0.2) is 0 Å². The van der Waals surface area contributed by atoms with Crippen LogP contribution in [0.3, 0.4) is 0 Å². The van der Waals surface area contributed by atoms with Gasteiger partial charge in [-0.15, -0.1) is 11.8 Å². The molecular formula is C18H23N3O3S. The third kappa shape index (κ3) is 5.63. The maximum atomic E-state index is 12.2.